The van der Waals surface area contributed by atoms with E-state index < -0.39 is 7.91 Å². The summed E-state index contributed by atoms with van der Waals surface area (Å²) in [5, 5.41) is 0. The van der Waals surface area contributed by atoms with E-state index in [1.54, 1.807) is 18.2 Å². The van der Waals surface area contributed by atoms with Gasteiger partial charge in [0.25, 0.3) is 0 Å². The third-order valence-corrected chi connectivity index (χ3v) is 4.38. The molecule has 0 spiro atoms. The van der Waals surface area contributed by atoms with Crippen molar-refractivity contribution in [3.63, 3.8) is 0 Å². The van der Waals surface area contributed by atoms with Crippen LogP contribution in [0.3, 0.4) is 0 Å². The Kier molecular flexibility index (Phi) is 5.05. The third kappa shape index (κ3) is 5.33. The molecule has 0 atom stereocenters. The van der Waals surface area contributed by atoms with Crippen LogP contribution in [0.4, 0.5) is 8.39 Å². The first kappa shape index (κ1) is 18.5. The molecule has 3 rings (SSSR count). The van der Waals surface area contributed by atoms with E-state index in [0.717, 1.165) is 11.1 Å². The summed E-state index contributed by atoms with van der Waals surface area (Å²) in [7, 11) is -7.17. The van der Waals surface area contributed by atoms with Crippen LogP contribution in [0.1, 0.15) is 22.3 Å². The van der Waals surface area contributed by atoms with Crippen molar-refractivity contribution >= 4 is 7.91 Å². The van der Waals surface area contributed by atoms with E-state index in [0.29, 0.717) is 24.0 Å². The topological polar surface area (TPSA) is 49.7 Å². The van der Waals surface area contributed by atoms with Crippen molar-refractivity contribution in [2.24, 2.45) is 0 Å². The number of para-hydroxylation sites is 1. The molecule has 26 heavy (non-hydrogen) atoms. The van der Waals surface area contributed by atoms with Crippen LogP contribution in [0.2, 0.25) is 0 Å². The SMILES string of the molecule is OP(O)(F)(F)Oc1c(Cc2ccccc2)cccc1Cc1ccccc1. The third-order valence-electron chi connectivity index (χ3n) is 3.89. The Morgan fingerprint density at radius 1 is 0.654 bits per heavy atom. The second-order valence-corrected chi connectivity index (χ2v) is 7.78. The van der Waals surface area contributed by atoms with Crippen molar-refractivity contribution in [1.29, 1.82) is 0 Å². The summed E-state index contributed by atoms with van der Waals surface area (Å²) in [4.78, 5) is 18.1. The van der Waals surface area contributed by atoms with Gasteiger partial charge in [0.2, 0.25) is 0 Å². The molecule has 0 saturated heterocycles. The summed E-state index contributed by atoms with van der Waals surface area (Å²) in [6.07, 6.45) is 0.677. The standard InChI is InChI=1S/C20H19F2O3P/c21-26(22,23,24)25-20-18(14-16-8-3-1-4-9-16)12-7-13-19(20)15-17-10-5-2-6-11-17/h1-13,23-24H,14-15H2. The van der Waals surface area contributed by atoms with Crippen LogP contribution in [0.15, 0.2) is 78.9 Å². The Balaban J connectivity index is 2.01. The molecule has 0 radical (unpaired) electrons. The van der Waals surface area contributed by atoms with Gasteiger partial charge in [-0.15, -0.1) is 0 Å². The fourth-order valence-corrected chi connectivity index (χ4v) is 3.35. The number of hydrogen-bond acceptors (Lipinski definition) is 3. The van der Waals surface area contributed by atoms with E-state index in [1.807, 2.05) is 60.7 Å². The molecule has 3 aromatic rings. The van der Waals surface area contributed by atoms with Crippen molar-refractivity contribution < 1.29 is 22.7 Å². The Morgan fingerprint density at radius 2 is 1.08 bits per heavy atom. The van der Waals surface area contributed by atoms with Crippen LogP contribution in [0, 0.1) is 0 Å². The van der Waals surface area contributed by atoms with E-state index in [4.69, 9.17) is 9.79 Å². The normalized spacial score (nSPS) is 13.0. The maximum absolute atomic E-state index is 13.6. The summed E-state index contributed by atoms with van der Waals surface area (Å²) in [5.74, 6) is -0.173. The van der Waals surface area contributed by atoms with Gasteiger partial charge in [-0.05, 0) is 0 Å². The van der Waals surface area contributed by atoms with Crippen LogP contribution in [-0.2, 0) is 12.8 Å². The molecule has 6 heteroatoms. The second kappa shape index (κ2) is 7.12. The first-order valence-corrected chi connectivity index (χ1v) is 9.95. The molecule has 0 fully saturated rings. The molecule has 0 amide bonds. The molecule has 0 bridgehead atoms. The molecule has 0 aliphatic carbocycles. The van der Waals surface area contributed by atoms with Gasteiger partial charge in [0.05, 0.1) is 0 Å². The average molecular weight is 376 g/mol. The van der Waals surface area contributed by atoms with Gasteiger partial charge >= 0.3 is 150 Å². The van der Waals surface area contributed by atoms with Crippen LogP contribution >= 0.6 is 7.91 Å². The van der Waals surface area contributed by atoms with Crippen molar-refractivity contribution in [2.75, 3.05) is 0 Å². The molecular formula is C20H19F2O3P. The molecule has 0 aromatic heterocycles. The second-order valence-electron chi connectivity index (χ2n) is 6.08. The predicted molar refractivity (Wildman–Crippen MR) is 99.1 cm³/mol. The van der Waals surface area contributed by atoms with Crippen LogP contribution in [0.5, 0.6) is 5.75 Å². The van der Waals surface area contributed by atoms with Crippen molar-refractivity contribution in [1.82, 2.24) is 0 Å². The van der Waals surface area contributed by atoms with Crippen LogP contribution < -0.4 is 4.52 Å². The van der Waals surface area contributed by atoms with Gasteiger partial charge in [0.15, 0.2) is 0 Å². The monoisotopic (exact) mass is 376 g/mol. The Morgan fingerprint density at radius 3 is 1.46 bits per heavy atom. The molecule has 136 valence electrons. The van der Waals surface area contributed by atoms with Crippen molar-refractivity contribution in [3.8, 4) is 5.75 Å². The predicted octanol–water partition coefficient (Wildman–Crippen LogP) is 5.30. The molecular weight excluding hydrogens is 357 g/mol. The summed E-state index contributed by atoms with van der Waals surface area (Å²) in [5.41, 5.74) is 2.75. The number of rotatable bonds is 6. The van der Waals surface area contributed by atoms with E-state index in [-0.39, 0.29) is 5.75 Å². The summed E-state index contributed by atoms with van der Waals surface area (Å²) >= 11 is 0. The molecule has 0 saturated carbocycles. The molecule has 0 unspecified atom stereocenters. The van der Waals surface area contributed by atoms with E-state index in [9.17, 15) is 8.39 Å². The maximum atomic E-state index is 13.6. The van der Waals surface area contributed by atoms with Gasteiger partial charge < -0.3 is 0 Å². The first-order chi connectivity index (χ1) is 12.3. The Hall–Kier alpha value is -2.33. The van der Waals surface area contributed by atoms with Crippen LogP contribution in [-0.4, -0.2) is 9.79 Å². The molecule has 0 aliphatic heterocycles. The Labute approximate surface area is 150 Å². The molecule has 2 N–H and O–H groups in total. The van der Waals surface area contributed by atoms with Gasteiger partial charge in [0, 0.05) is 0 Å². The Bertz CT molecular complexity index is 809. The minimum atomic E-state index is -7.17. The average Bonchev–Trinajstić information content (AvgIpc) is 2.58. The summed E-state index contributed by atoms with van der Waals surface area (Å²) in [6.45, 7) is 0. The summed E-state index contributed by atoms with van der Waals surface area (Å²) in [6, 6.07) is 23.7. The van der Waals surface area contributed by atoms with E-state index in [2.05, 4.69) is 4.52 Å². The van der Waals surface area contributed by atoms with Gasteiger partial charge in [-0.1, -0.05) is 0 Å². The first-order valence-electron chi connectivity index (χ1n) is 8.10. The van der Waals surface area contributed by atoms with E-state index >= 15 is 0 Å². The molecule has 0 aliphatic rings. The summed E-state index contributed by atoms with van der Waals surface area (Å²) < 4.78 is 31.6. The quantitative estimate of drug-likeness (QED) is 0.574. The fourth-order valence-electron chi connectivity index (χ4n) is 2.82. The number of halogens is 2. The van der Waals surface area contributed by atoms with Gasteiger partial charge in [-0.2, -0.15) is 0 Å². The van der Waals surface area contributed by atoms with Gasteiger partial charge in [-0.3, -0.25) is 0 Å². The van der Waals surface area contributed by atoms with Gasteiger partial charge in [0.1, 0.15) is 0 Å². The fraction of sp³-hybridized carbons (Fsp3) is 0.100. The van der Waals surface area contributed by atoms with Crippen molar-refractivity contribution in [2.45, 2.75) is 12.8 Å². The zero-order valence-corrected chi connectivity index (χ0v) is 14.8. The number of benzene rings is 3. The minimum absolute atomic E-state index is 0.173. The van der Waals surface area contributed by atoms with Crippen LogP contribution in [0.25, 0.3) is 0 Å². The van der Waals surface area contributed by atoms with Gasteiger partial charge in [-0.25, -0.2) is 0 Å². The van der Waals surface area contributed by atoms with Crippen molar-refractivity contribution in [3.05, 3.63) is 101 Å². The van der Waals surface area contributed by atoms with E-state index in [1.165, 1.54) is 0 Å². The molecule has 0 heterocycles. The zero-order valence-electron chi connectivity index (χ0n) is 13.9. The number of hydrogen-bond donors (Lipinski definition) is 2. The zero-order chi connectivity index (χ0) is 18.6. The molecule has 3 nitrogen and oxygen atoms in total. The molecule has 3 aromatic carbocycles.